The van der Waals surface area contributed by atoms with Crippen LogP contribution in [0.1, 0.15) is 19.4 Å². The Morgan fingerprint density at radius 1 is 1.35 bits per heavy atom. The molecule has 0 saturated carbocycles. The van der Waals surface area contributed by atoms with Gasteiger partial charge in [-0.15, -0.1) is 0 Å². The molecule has 2 amide bonds. The first-order valence-corrected chi connectivity index (χ1v) is 6.58. The highest BCUT2D eigenvalue weighted by atomic mass is 16.5. The smallest absolute Gasteiger partial charge is 0.239 e. The van der Waals surface area contributed by atoms with Crippen LogP contribution in [0.15, 0.2) is 24.3 Å². The van der Waals surface area contributed by atoms with Gasteiger partial charge in [-0.2, -0.15) is 0 Å². The number of hydrogen-bond acceptors (Lipinski definition) is 3. The Balaban J connectivity index is 2.54. The number of nitrogens with zero attached hydrogens (tertiary/aromatic N) is 1. The molecule has 0 aliphatic heterocycles. The molecule has 0 radical (unpaired) electrons. The fraction of sp³-hybridized carbons (Fsp3) is 0.467. The molecule has 1 N–H and O–H groups in total. The first-order valence-electron chi connectivity index (χ1n) is 6.58. The highest BCUT2D eigenvalue weighted by molar-refractivity contribution is 5.85. The average Bonchev–Trinajstić information content (AvgIpc) is 2.37. The maximum Gasteiger partial charge on any atom is 0.239 e. The number of nitrogens with one attached hydrogen (secondary N) is 1. The van der Waals surface area contributed by atoms with Crippen molar-refractivity contribution in [2.75, 3.05) is 20.7 Å². The summed E-state index contributed by atoms with van der Waals surface area (Å²) in [7, 11) is 3.21. The van der Waals surface area contributed by atoms with E-state index in [1.165, 1.54) is 4.90 Å². The van der Waals surface area contributed by atoms with Gasteiger partial charge >= 0.3 is 0 Å². The normalized spacial score (nSPS) is 10.2. The summed E-state index contributed by atoms with van der Waals surface area (Å²) >= 11 is 0. The number of carbonyl (C=O) groups excluding carboxylic acids is 2. The topological polar surface area (TPSA) is 58.6 Å². The van der Waals surface area contributed by atoms with Gasteiger partial charge in [0.15, 0.2) is 0 Å². The summed E-state index contributed by atoms with van der Waals surface area (Å²) in [6.45, 7) is 3.84. The predicted octanol–water partition coefficient (Wildman–Crippen LogP) is 1.22. The molecular weight excluding hydrogens is 256 g/mol. The highest BCUT2D eigenvalue weighted by Crippen LogP contribution is 2.13. The molecule has 1 rings (SSSR count). The molecule has 0 bridgehead atoms. The second-order valence-corrected chi connectivity index (χ2v) is 5.00. The lowest BCUT2D eigenvalue weighted by atomic mass is 10.1. The lowest BCUT2D eigenvalue weighted by Gasteiger charge is -2.18. The monoisotopic (exact) mass is 278 g/mol. The first kappa shape index (κ1) is 16.0. The van der Waals surface area contributed by atoms with E-state index < -0.39 is 0 Å². The molecule has 0 aliphatic carbocycles. The van der Waals surface area contributed by atoms with E-state index in [2.05, 4.69) is 5.32 Å². The van der Waals surface area contributed by atoms with Crippen LogP contribution in [0.5, 0.6) is 5.75 Å². The van der Waals surface area contributed by atoms with Crippen LogP contribution >= 0.6 is 0 Å². The van der Waals surface area contributed by atoms with Gasteiger partial charge in [0.05, 0.1) is 20.1 Å². The standard InChI is InChI=1S/C15H22N2O3/c1-11(2)16-14(18)10-17(3)15(19)9-12-6-5-7-13(8-12)20-4/h5-8,11H,9-10H2,1-4H3,(H,16,18). The molecule has 5 nitrogen and oxygen atoms in total. The van der Waals surface area contributed by atoms with Crippen molar-refractivity contribution in [2.45, 2.75) is 26.3 Å². The molecule has 0 unspecified atom stereocenters. The summed E-state index contributed by atoms with van der Waals surface area (Å²) < 4.78 is 5.12. The zero-order valence-corrected chi connectivity index (χ0v) is 12.5. The lowest BCUT2D eigenvalue weighted by Crippen LogP contribution is -2.41. The van der Waals surface area contributed by atoms with E-state index in [-0.39, 0.29) is 30.8 Å². The number of amides is 2. The number of methoxy groups -OCH3 is 1. The minimum Gasteiger partial charge on any atom is -0.497 e. The third kappa shape index (κ3) is 5.30. The first-order chi connectivity index (χ1) is 9.42. The Morgan fingerprint density at radius 2 is 2.05 bits per heavy atom. The van der Waals surface area contributed by atoms with Crippen LogP contribution in [0.2, 0.25) is 0 Å². The maximum absolute atomic E-state index is 12.0. The molecule has 0 atom stereocenters. The van der Waals surface area contributed by atoms with E-state index in [1.807, 2.05) is 38.1 Å². The predicted molar refractivity (Wildman–Crippen MR) is 77.6 cm³/mol. The van der Waals surface area contributed by atoms with Crippen molar-refractivity contribution in [2.24, 2.45) is 0 Å². The highest BCUT2D eigenvalue weighted by Gasteiger charge is 2.14. The van der Waals surface area contributed by atoms with E-state index in [4.69, 9.17) is 4.74 Å². The number of rotatable bonds is 6. The second-order valence-electron chi connectivity index (χ2n) is 5.00. The Labute approximate surface area is 119 Å². The van der Waals surface area contributed by atoms with Crippen LogP contribution in [0, 0.1) is 0 Å². The Bertz CT molecular complexity index is 472. The number of benzene rings is 1. The molecule has 1 aromatic carbocycles. The molecule has 0 aliphatic rings. The molecule has 0 saturated heterocycles. The Hall–Kier alpha value is -2.04. The molecule has 20 heavy (non-hydrogen) atoms. The molecular formula is C15H22N2O3. The fourth-order valence-electron chi connectivity index (χ4n) is 1.76. The van der Waals surface area contributed by atoms with Gasteiger partial charge in [0.25, 0.3) is 0 Å². The number of likely N-dealkylation sites (N-methyl/N-ethyl adjacent to an activating group) is 1. The van der Waals surface area contributed by atoms with Crippen molar-refractivity contribution in [3.63, 3.8) is 0 Å². The molecule has 110 valence electrons. The molecule has 5 heteroatoms. The van der Waals surface area contributed by atoms with Crippen molar-refractivity contribution in [1.82, 2.24) is 10.2 Å². The second kappa shape index (κ2) is 7.53. The van der Waals surface area contributed by atoms with E-state index in [9.17, 15) is 9.59 Å². The van der Waals surface area contributed by atoms with Gasteiger partial charge in [0, 0.05) is 13.1 Å². The third-order valence-corrected chi connectivity index (χ3v) is 2.75. The average molecular weight is 278 g/mol. The largest absolute Gasteiger partial charge is 0.497 e. The van der Waals surface area contributed by atoms with Crippen molar-refractivity contribution in [3.8, 4) is 5.75 Å². The van der Waals surface area contributed by atoms with Crippen LogP contribution < -0.4 is 10.1 Å². The minimum atomic E-state index is -0.151. The zero-order valence-electron chi connectivity index (χ0n) is 12.5. The van der Waals surface area contributed by atoms with Crippen LogP contribution in [-0.4, -0.2) is 43.5 Å². The number of hydrogen-bond donors (Lipinski definition) is 1. The summed E-state index contributed by atoms with van der Waals surface area (Å²) in [6, 6.07) is 7.42. The van der Waals surface area contributed by atoms with Crippen LogP contribution in [-0.2, 0) is 16.0 Å². The molecule has 0 heterocycles. The Kier molecular flexibility index (Phi) is 6.03. The minimum absolute atomic E-state index is 0.0704. The molecule has 0 aromatic heterocycles. The molecule has 1 aromatic rings. The summed E-state index contributed by atoms with van der Waals surface area (Å²) in [4.78, 5) is 25.1. The number of ether oxygens (including phenoxy) is 1. The van der Waals surface area contributed by atoms with E-state index in [0.717, 1.165) is 11.3 Å². The third-order valence-electron chi connectivity index (χ3n) is 2.75. The summed E-state index contributed by atoms with van der Waals surface area (Å²) in [6.07, 6.45) is 0.253. The SMILES string of the molecule is COc1cccc(CC(=O)N(C)CC(=O)NC(C)C)c1. The van der Waals surface area contributed by atoms with Gasteiger partial charge in [-0.25, -0.2) is 0 Å². The van der Waals surface area contributed by atoms with Gasteiger partial charge in [-0.05, 0) is 31.5 Å². The van der Waals surface area contributed by atoms with Crippen LogP contribution in [0.3, 0.4) is 0 Å². The fourth-order valence-corrected chi connectivity index (χ4v) is 1.76. The zero-order chi connectivity index (χ0) is 15.1. The van der Waals surface area contributed by atoms with E-state index in [1.54, 1.807) is 14.2 Å². The number of carbonyl (C=O) groups is 2. The van der Waals surface area contributed by atoms with Gasteiger partial charge < -0.3 is 15.0 Å². The van der Waals surface area contributed by atoms with Gasteiger partial charge in [-0.3, -0.25) is 9.59 Å². The van der Waals surface area contributed by atoms with Crippen molar-refractivity contribution in [3.05, 3.63) is 29.8 Å². The Morgan fingerprint density at radius 3 is 2.65 bits per heavy atom. The van der Waals surface area contributed by atoms with Gasteiger partial charge in [0.1, 0.15) is 5.75 Å². The van der Waals surface area contributed by atoms with Crippen LogP contribution in [0.25, 0.3) is 0 Å². The van der Waals surface area contributed by atoms with Crippen molar-refractivity contribution < 1.29 is 14.3 Å². The summed E-state index contributed by atoms with van der Waals surface area (Å²) in [5, 5.41) is 2.76. The lowest BCUT2D eigenvalue weighted by molar-refractivity contribution is -0.134. The molecule has 0 spiro atoms. The maximum atomic E-state index is 12.0. The van der Waals surface area contributed by atoms with Crippen molar-refractivity contribution >= 4 is 11.8 Å². The van der Waals surface area contributed by atoms with Gasteiger partial charge in [0.2, 0.25) is 11.8 Å². The molecule has 0 fully saturated rings. The summed E-state index contributed by atoms with van der Waals surface area (Å²) in [5.41, 5.74) is 0.866. The van der Waals surface area contributed by atoms with Crippen molar-refractivity contribution in [1.29, 1.82) is 0 Å². The van der Waals surface area contributed by atoms with Crippen LogP contribution in [0.4, 0.5) is 0 Å². The van der Waals surface area contributed by atoms with E-state index in [0.29, 0.717) is 0 Å². The van der Waals surface area contributed by atoms with E-state index >= 15 is 0 Å². The van der Waals surface area contributed by atoms with Gasteiger partial charge in [-0.1, -0.05) is 12.1 Å². The summed E-state index contributed by atoms with van der Waals surface area (Å²) in [5.74, 6) is 0.467. The quantitative estimate of drug-likeness (QED) is 0.851.